The Hall–Kier alpha value is -1.52. The maximum Gasteiger partial charge on any atom is 0.208 e. The topological polar surface area (TPSA) is 56.7 Å². The summed E-state index contributed by atoms with van der Waals surface area (Å²) in [6.45, 7) is 1.98. The molecule has 1 rings (SSSR count). The Morgan fingerprint density at radius 1 is 1.83 bits per heavy atom. The van der Waals surface area contributed by atoms with Gasteiger partial charge < -0.3 is 5.32 Å². The quantitative estimate of drug-likeness (QED) is 0.571. The summed E-state index contributed by atoms with van der Waals surface area (Å²) in [5.74, 6) is 0. The lowest BCUT2D eigenvalue weighted by Crippen LogP contribution is -2.47. The molecule has 0 radical (unpaired) electrons. The monoisotopic (exact) mass is 168 g/mol. The minimum absolute atomic E-state index is 0.0452. The van der Waals surface area contributed by atoms with E-state index in [1.165, 1.54) is 0 Å². The van der Waals surface area contributed by atoms with Gasteiger partial charge in [-0.05, 0) is 12.5 Å². The number of carbonyl (C=O) groups is 1. The van der Waals surface area contributed by atoms with Crippen LogP contribution in [0.15, 0.2) is 17.4 Å². The van der Waals surface area contributed by atoms with Crippen molar-refractivity contribution in [2.75, 3.05) is 0 Å². The van der Waals surface area contributed by atoms with Crippen molar-refractivity contribution in [3.8, 4) is 0 Å². The van der Waals surface area contributed by atoms with Crippen LogP contribution in [-0.4, -0.2) is 23.8 Å². The number of hydrazone groups is 1. The first kappa shape index (κ1) is 8.58. The normalized spacial score (nSPS) is 16.9. The van der Waals surface area contributed by atoms with Gasteiger partial charge in [0.15, 0.2) is 0 Å². The van der Waals surface area contributed by atoms with Gasteiger partial charge in [-0.15, -0.1) is 0 Å². The highest BCUT2D eigenvalue weighted by molar-refractivity contribution is 5.71. The van der Waals surface area contributed by atoms with Gasteiger partial charge >= 0.3 is 0 Å². The molecule has 0 fully saturated rings. The van der Waals surface area contributed by atoms with Crippen molar-refractivity contribution < 1.29 is 4.79 Å². The largest absolute Gasteiger partial charge is 0.337 e. The molecule has 0 aromatic rings. The van der Waals surface area contributed by atoms with Gasteiger partial charge in [0.05, 0.1) is 6.21 Å². The minimum atomic E-state index is -0.0452. The van der Waals surface area contributed by atoms with Gasteiger partial charge in [-0.2, -0.15) is 5.10 Å². The Labute approximate surface area is 71.1 Å². The summed E-state index contributed by atoms with van der Waals surface area (Å²) < 4.78 is 0. The molecule has 1 unspecified atom stereocenters. The van der Waals surface area contributed by atoms with E-state index < -0.39 is 0 Å². The van der Waals surface area contributed by atoms with Gasteiger partial charge in [0.25, 0.3) is 0 Å². The summed E-state index contributed by atoms with van der Waals surface area (Å²) in [7, 11) is 0. The molecule has 5 heteroatoms. The van der Waals surface area contributed by atoms with E-state index in [1.807, 2.05) is 13.1 Å². The molecule has 1 atom stereocenters. The molecule has 0 aromatic carbocycles. The molecule has 1 aliphatic heterocycles. The fraction of sp³-hybridized carbons (Fsp3) is 0.429. The number of hydrogen-bond donors (Lipinski definition) is 2. The van der Waals surface area contributed by atoms with Crippen molar-refractivity contribution in [2.45, 2.75) is 19.5 Å². The van der Waals surface area contributed by atoms with E-state index in [2.05, 4.69) is 16.0 Å². The van der Waals surface area contributed by atoms with Crippen molar-refractivity contribution in [3.05, 3.63) is 12.3 Å². The number of allylic oxidation sites excluding steroid dienone is 1. The van der Waals surface area contributed by atoms with E-state index in [-0.39, 0.29) is 6.17 Å². The number of amides is 1. The molecule has 0 saturated heterocycles. The van der Waals surface area contributed by atoms with Gasteiger partial charge in [-0.3, -0.25) is 9.80 Å². The van der Waals surface area contributed by atoms with Crippen molar-refractivity contribution in [1.29, 1.82) is 0 Å². The Balaban J connectivity index is 2.47. The first-order valence-electron chi connectivity index (χ1n) is 3.82. The minimum Gasteiger partial charge on any atom is -0.337 e. The van der Waals surface area contributed by atoms with Gasteiger partial charge in [0.1, 0.15) is 6.17 Å². The summed E-state index contributed by atoms with van der Waals surface area (Å²) in [6, 6.07) is 0. The second-order valence-electron chi connectivity index (χ2n) is 2.34. The van der Waals surface area contributed by atoms with Crippen LogP contribution in [0.5, 0.6) is 0 Å². The number of nitrogens with zero attached hydrogens (tertiary/aromatic N) is 2. The second kappa shape index (κ2) is 4.38. The Bertz CT molecular complexity index is 202. The number of nitrogens with one attached hydrogen (secondary N) is 2. The maximum atomic E-state index is 10.2. The maximum absolute atomic E-state index is 10.2. The van der Waals surface area contributed by atoms with Gasteiger partial charge in [-0.25, -0.2) is 5.53 Å². The van der Waals surface area contributed by atoms with Crippen LogP contribution < -0.4 is 10.9 Å². The molecule has 1 aliphatic rings. The third-order valence-corrected chi connectivity index (χ3v) is 1.56. The van der Waals surface area contributed by atoms with E-state index >= 15 is 0 Å². The molecule has 1 amide bonds. The zero-order chi connectivity index (χ0) is 8.81. The summed E-state index contributed by atoms with van der Waals surface area (Å²) in [5, 5.41) is 8.21. The standard InChI is InChI=1S/C7H12N4O/c1-2-7(8-6-12)11-5-3-4-9-10-11/h3-7,10H,2H2,1H3,(H,8,12). The Kier molecular flexibility index (Phi) is 3.13. The van der Waals surface area contributed by atoms with Crippen LogP contribution in [-0.2, 0) is 4.79 Å². The van der Waals surface area contributed by atoms with Crippen LogP contribution in [0.3, 0.4) is 0 Å². The average molecular weight is 168 g/mol. The van der Waals surface area contributed by atoms with Crippen LogP contribution in [0, 0.1) is 0 Å². The van der Waals surface area contributed by atoms with E-state index in [1.54, 1.807) is 17.3 Å². The first-order valence-corrected chi connectivity index (χ1v) is 3.82. The third kappa shape index (κ3) is 1.98. The third-order valence-electron chi connectivity index (χ3n) is 1.56. The molecule has 0 aromatic heterocycles. The van der Waals surface area contributed by atoms with Gasteiger partial charge in [0, 0.05) is 6.20 Å². The molecule has 0 spiro atoms. The summed E-state index contributed by atoms with van der Waals surface area (Å²) in [6.07, 6.45) is 6.71. The second-order valence-corrected chi connectivity index (χ2v) is 2.34. The Morgan fingerprint density at radius 3 is 3.17 bits per heavy atom. The lowest BCUT2D eigenvalue weighted by Gasteiger charge is -2.28. The van der Waals surface area contributed by atoms with E-state index in [0.717, 1.165) is 6.42 Å². The highest BCUT2D eigenvalue weighted by Crippen LogP contribution is 1.99. The van der Waals surface area contributed by atoms with Crippen LogP contribution in [0.25, 0.3) is 0 Å². The molecule has 5 nitrogen and oxygen atoms in total. The molecule has 2 N–H and O–H groups in total. The number of rotatable bonds is 4. The van der Waals surface area contributed by atoms with Crippen LogP contribution >= 0.6 is 0 Å². The van der Waals surface area contributed by atoms with Gasteiger partial charge in [0.2, 0.25) is 6.41 Å². The van der Waals surface area contributed by atoms with Crippen LogP contribution in [0.4, 0.5) is 0 Å². The van der Waals surface area contributed by atoms with Crippen molar-refractivity contribution in [2.24, 2.45) is 5.10 Å². The summed E-state index contributed by atoms with van der Waals surface area (Å²) >= 11 is 0. The predicted octanol–water partition coefficient (Wildman–Crippen LogP) is -0.212. The first-order chi connectivity index (χ1) is 5.88. The fourth-order valence-electron chi connectivity index (χ4n) is 0.955. The number of hydrogen-bond acceptors (Lipinski definition) is 4. The number of carbonyl (C=O) groups excluding carboxylic acids is 1. The van der Waals surface area contributed by atoms with E-state index in [0.29, 0.717) is 6.41 Å². The zero-order valence-corrected chi connectivity index (χ0v) is 6.90. The van der Waals surface area contributed by atoms with E-state index in [9.17, 15) is 4.79 Å². The molecular weight excluding hydrogens is 156 g/mol. The summed E-state index contributed by atoms with van der Waals surface area (Å²) in [4.78, 5) is 10.2. The zero-order valence-electron chi connectivity index (χ0n) is 6.90. The van der Waals surface area contributed by atoms with E-state index in [4.69, 9.17) is 0 Å². The molecule has 1 heterocycles. The fourth-order valence-corrected chi connectivity index (χ4v) is 0.955. The summed E-state index contributed by atoms with van der Waals surface area (Å²) in [5.41, 5.74) is 2.75. The Morgan fingerprint density at radius 2 is 2.67 bits per heavy atom. The van der Waals surface area contributed by atoms with Crippen LogP contribution in [0.2, 0.25) is 0 Å². The predicted molar refractivity (Wildman–Crippen MR) is 45.9 cm³/mol. The SMILES string of the molecule is CCC(NC=O)N1C=CC=NN1. The highest BCUT2D eigenvalue weighted by atomic mass is 16.1. The average Bonchev–Trinajstić information content (AvgIpc) is 2.15. The lowest BCUT2D eigenvalue weighted by atomic mass is 10.3. The molecule has 0 bridgehead atoms. The van der Waals surface area contributed by atoms with Crippen LogP contribution in [0.1, 0.15) is 13.3 Å². The molecule has 0 aliphatic carbocycles. The number of hydrazine groups is 1. The molecule has 12 heavy (non-hydrogen) atoms. The molecule has 0 saturated carbocycles. The van der Waals surface area contributed by atoms with Crippen molar-refractivity contribution in [1.82, 2.24) is 15.9 Å². The molecule has 66 valence electrons. The lowest BCUT2D eigenvalue weighted by molar-refractivity contribution is -0.111. The van der Waals surface area contributed by atoms with Crippen molar-refractivity contribution >= 4 is 12.6 Å². The van der Waals surface area contributed by atoms with Gasteiger partial charge in [-0.1, -0.05) is 6.92 Å². The smallest absolute Gasteiger partial charge is 0.208 e. The molecular formula is C7H12N4O. The van der Waals surface area contributed by atoms with Crippen molar-refractivity contribution in [3.63, 3.8) is 0 Å². The highest BCUT2D eigenvalue weighted by Gasteiger charge is 2.11.